The summed E-state index contributed by atoms with van der Waals surface area (Å²) in [6.07, 6.45) is 2.99. The van der Waals surface area contributed by atoms with Crippen molar-refractivity contribution in [2.45, 2.75) is 27.3 Å². The van der Waals surface area contributed by atoms with Crippen molar-refractivity contribution < 1.29 is 9.59 Å². The van der Waals surface area contributed by atoms with E-state index in [1.807, 2.05) is 25.5 Å². The van der Waals surface area contributed by atoms with Crippen molar-refractivity contribution in [3.05, 3.63) is 98.7 Å². The minimum absolute atomic E-state index is 0.00329. The third kappa shape index (κ3) is 4.78. The fourth-order valence-corrected chi connectivity index (χ4v) is 3.64. The highest BCUT2D eigenvalue weighted by molar-refractivity contribution is 6.05. The van der Waals surface area contributed by atoms with Crippen LogP contribution in [0.4, 0.5) is 0 Å². The van der Waals surface area contributed by atoms with Gasteiger partial charge in [-0.3, -0.25) is 29.9 Å². The van der Waals surface area contributed by atoms with Crippen LogP contribution in [0.5, 0.6) is 0 Å². The number of hydrazine groups is 1. The van der Waals surface area contributed by atoms with E-state index in [1.54, 1.807) is 30.3 Å². The lowest BCUT2D eigenvalue weighted by Gasteiger charge is -2.07. The lowest BCUT2D eigenvalue weighted by molar-refractivity contribution is -0.117. The third-order valence-electron chi connectivity index (χ3n) is 5.50. The summed E-state index contributed by atoms with van der Waals surface area (Å²) < 4.78 is 1.90. The van der Waals surface area contributed by atoms with Crippen molar-refractivity contribution >= 4 is 28.7 Å². The molecule has 2 heterocycles. The molecule has 2 aromatic carbocycles. The summed E-state index contributed by atoms with van der Waals surface area (Å²) in [7, 11) is 0. The molecule has 0 fully saturated rings. The van der Waals surface area contributed by atoms with Crippen molar-refractivity contribution in [2.24, 2.45) is 0 Å². The maximum absolute atomic E-state index is 12.5. The Kier molecular flexibility index (Phi) is 6.35. The van der Waals surface area contributed by atoms with Crippen LogP contribution in [0.1, 0.15) is 38.6 Å². The third-order valence-corrected chi connectivity index (χ3v) is 5.50. The van der Waals surface area contributed by atoms with Gasteiger partial charge in [0, 0.05) is 22.7 Å². The van der Waals surface area contributed by atoms with Crippen LogP contribution in [0.15, 0.2) is 59.4 Å². The molecule has 2 amide bonds. The van der Waals surface area contributed by atoms with E-state index in [4.69, 9.17) is 0 Å². The molecule has 0 saturated heterocycles. The number of rotatable bonds is 5. The summed E-state index contributed by atoms with van der Waals surface area (Å²) in [5, 5.41) is 11.4. The van der Waals surface area contributed by atoms with Crippen LogP contribution in [0, 0.1) is 20.8 Å². The molecule has 0 bridgehead atoms. The largest absolute Gasteiger partial charge is 0.290 e. The first-order valence-corrected chi connectivity index (χ1v) is 10.7. The van der Waals surface area contributed by atoms with Gasteiger partial charge in [0.15, 0.2) is 5.69 Å². The van der Waals surface area contributed by atoms with Crippen molar-refractivity contribution in [1.29, 1.82) is 0 Å². The van der Waals surface area contributed by atoms with E-state index >= 15 is 0 Å². The number of aromatic nitrogens is 4. The molecular formula is C25H24N6O3. The number of amides is 2. The average Bonchev–Trinajstić information content (AvgIpc) is 3.10. The topological polar surface area (TPSA) is 122 Å². The number of carbonyl (C=O) groups excluding carboxylic acids is 2. The zero-order valence-electron chi connectivity index (χ0n) is 19.0. The molecule has 4 aromatic rings. The van der Waals surface area contributed by atoms with Gasteiger partial charge < -0.3 is 0 Å². The highest BCUT2D eigenvalue weighted by Crippen LogP contribution is 2.17. The highest BCUT2D eigenvalue weighted by atomic mass is 16.2. The van der Waals surface area contributed by atoms with Crippen LogP contribution in [-0.4, -0.2) is 31.8 Å². The van der Waals surface area contributed by atoms with Crippen LogP contribution < -0.4 is 16.4 Å². The van der Waals surface area contributed by atoms with Crippen molar-refractivity contribution in [1.82, 2.24) is 30.8 Å². The molecular weight excluding hydrogens is 432 g/mol. The standard InChI is InChI=1S/C25H24N6O3/c1-15-8-10-18(11-9-15)14-31-17(3)19(16(2)30-31)12-13-22(32)26-29-25(34)23-20-6-4-5-7-21(20)24(33)28-27-23/h4-13H,14H2,1-3H3,(H,26,32)(H,28,33)(H,29,34)/b13-12+. The van der Waals surface area contributed by atoms with Gasteiger partial charge in [-0.25, -0.2) is 5.10 Å². The Hall–Kier alpha value is -4.53. The van der Waals surface area contributed by atoms with E-state index < -0.39 is 17.4 Å². The fraction of sp³-hybridized carbons (Fsp3) is 0.160. The number of H-pyrrole nitrogens is 1. The minimum Gasteiger partial charge on any atom is -0.268 e. The Labute approximate surface area is 195 Å². The monoisotopic (exact) mass is 456 g/mol. The molecule has 0 spiro atoms. The number of nitrogens with one attached hydrogen (secondary N) is 3. The number of benzene rings is 2. The summed E-state index contributed by atoms with van der Waals surface area (Å²) in [6.45, 7) is 6.50. The lowest BCUT2D eigenvalue weighted by atomic mass is 10.1. The normalized spacial score (nSPS) is 11.1. The zero-order valence-corrected chi connectivity index (χ0v) is 19.0. The summed E-state index contributed by atoms with van der Waals surface area (Å²) in [5.74, 6) is -1.17. The van der Waals surface area contributed by atoms with Crippen LogP contribution in [0.3, 0.4) is 0 Å². The summed E-state index contributed by atoms with van der Waals surface area (Å²) >= 11 is 0. The maximum Gasteiger partial charge on any atom is 0.290 e. The van der Waals surface area contributed by atoms with E-state index in [9.17, 15) is 14.4 Å². The molecule has 0 atom stereocenters. The predicted octanol–water partition coefficient (Wildman–Crippen LogP) is 2.57. The first-order chi connectivity index (χ1) is 16.3. The molecule has 0 unspecified atom stereocenters. The lowest BCUT2D eigenvalue weighted by Crippen LogP contribution is -2.41. The van der Waals surface area contributed by atoms with Crippen LogP contribution in [-0.2, 0) is 11.3 Å². The number of hydrogen-bond acceptors (Lipinski definition) is 5. The maximum atomic E-state index is 12.5. The number of aromatic amines is 1. The average molecular weight is 457 g/mol. The summed E-state index contributed by atoms with van der Waals surface area (Å²) in [4.78, 5) is 36.7. The number of aryl methyl sites for hydroxylation is 2. The van der Waals surface area contributed by atoms with E-state index in [0.717, 1.165) is 22.5 Å². The second kappa shape index (κ2) is 9.53. The molecule has 34 heavy (non-hydrogen) atoms. The van der Waals surface area contributed by atoms with E-state index in [2.05, 4.69) is 50.4 Å². The van der Waals surface area contributed by atoms with Gasteiger partial charge >= 0.3 is 0 Å². The molecule has 0 aliphatic rings. The smallest absolute Gasteiger partial charge is 0.268 e. The number of nitrogens with zero attached hydrogens (tertiary/aromatic N) is 3. The van der Waals surface area contributed by atoms with Crippen molar-refractivity contribution in [3.63, 3.8) is 0 Å². The van der Waals surface area contributed by atoms with E-state index in [-0.39, 0.29) is 5.69 Å². The predicted molar refractivity (Wildman–Crippen MR) is 129 cm³/mol. The number of hydrogen-bond donors (Lipinski definition) is 3. The van der Waals surface area contributed by atoms with Gasteiger partial charge in [0.1, 0.15) is 0 Å². The van der Waals surface area contributed by atoms with Gasteiger partial charge in [-0.05, 0) is 38.5 Å². The SMILES string of the molecule is Cc1ccc(Cn2nc(C)c(/C=C/C(=O)NNC(=O)c3n[nH]c(=O)c4ccccc34)c2C)cc1. The van der Waals surface area contributed by atoms with E-state index in [1.165, 1.54) is 11.6 Å². The van der Waals surface area contributed by atoms with Crippen molar-refractivity contribution in [3.8, 4) is 0 Å². The Morgan fingerprint density at radius 3 is 2.44 bits per heavy atom. The molecule has 3 N–H and O–H groups in total. The Balaban J connectivity index is 1.42. The summed E-state index contributed by atoms with van der Waals surface area (Å²) in [6, 6.07) is 14.9. The molecule has 2 aromatic heterocycles. The number of fused-ring (bicyclic) bond motifs is 1. The zero-order chi connectivity index (χ0) is 24.2. The molecule has 0 radical (unpaired) electrons. The van der Waals surface area contributed by atoms with Crippen molar-refractivity contribution in [2.75, 3.05) is 0 Å². The van der Waals surface area contributed by atoms with Crippen LogP contribution >= 0.6 is 0 Å². The van der Waals surface area contributed by atoms with Crippen LogP contribution in [0.2, 0.25) is 0 Å². The van der Waals surface area contributed by atoms with Gasteiger partial charge in [0.2, 0.25) is 0 Å². The highest BCUT2D eigenvalue weighted by Gasteiger charge is 2.14. The molecule has 4 rings (SSSR count). The molecule has 172 valence electrons. The summed E-state index contributed by atoms with van der Waals surface area (Å²) in [5.41, 5.74) is 9.15. The molecule has 9 nitrogen and oxygen atoms in total. The minimum atomic E-state index is -0.646. The van der Waals surface area contributed by atoms with Crippen LogP contribution in [0.25, 0.3) is 16.8 Å². The Morgan fingerprint density at radius 2 is 1.71 bits per heavy atom. The van der Waals surface area contributed by atoms with Gasteiger partial charge in [-0.15, -0.1) is 0 Å². The molecule has 0 aliphatic carbocycles. The van der Waals surface area contributed by atoms with Gasteiger partial charge in [0.25, 0.3) is 17.4 Å². The molecule has 0 aliphatic heterocycles. The fourth-order valence-electron chi connectivity index (χ4n) is 3.64. The van der Waals surface area contributed by atoms with Gasteiger partial charge in [-0.2, -0.15) is 10.2 Å². The Bertz CT molecular complexity index is 1460. The van der Waals surface area contributed by atoms with Gasteiger partial charge in [-0.1, -0.05) is 48.0 Å². The van der Waals surface area contributed by atoms with Gasteiger partial charge in [0.05, 0.1) is 17.6 Å². The first-order valence-electron chi connectivity index (χ1n) is 10.7. The molecule has 9 heteroatoms. The molecule has 0 saturated carbocycles. The second-order valence-electron chi connectivity index (χ2n) is 7.95. The second-order valence-corrected chi connectivity index (χ2v) is 7.95. The van der Waals surface area contributed by atoms with E-state index in [0.29, 0.717) is 17.3 Å². The first kappa shape index (κ1) is 22.7. The quantitative estimate of drug-likeness (QED) is 0.315. The number of carbonyl (C=O) groups is 2. The Morgan fingerprint density at radius 1 is 1.00 bits per heavy atom.